The molecular weight excluding hydrogens is 350 g/mol. The van der Waals surface area contributed by atoms with Gasteiger partial charge in [0.2, 0.25) is 0 Å². The molecular formula is C24H33NO3. The summed E-state index contributed by atoms with van der Waals surface area (Å²) < 4.78 is 11.7. The fourth-order valence-electron chi connectivity index (χ4n) is 3.17. The van der Waals surface area contributed by atoms with Gasteiger partial charge in [0.1, 0.15) is 18.0 Å². The molecule has 0 bridgehead atoms. The van der Waals surface area contributed by atoms with Crippen LogP contribution in [0.4, 0.5) is 5.69 Å². The van der Waals surface area contributed by atoms with Gasteiger partial charge in [-0.2, -0.15) is 0 Å². The van der Waals surface area contributed by atoms with Gasteiger partial charge < -0.3 is 14.8 Å². The Morgan fingerprint density at radius 2 is 1.82 bits per heavy atom. The number of rotatable bonds is 11. The molecule has 0 heterocycles. The molecule has 0 saturated carbocycles. The van der Waals surface area contributed by atoms with E-state index < -0.39 is 5.60 Å². The lowest BCUT2D eigenvalue weighted by molar-refractivity contribution is -0.139. The minimum absolute atomic E-state index is 0.0946. The fourth-order valence-corrected chi connectivity index (χ4v) is 3.17. The summed E-state index contributed by atoms with van der Waals surface area (Å²) in [4.78, 5) is 12.9. The van der Waals surface area contributed by atoms with Crippen LogP contribution in [0.3, 0.4) is 0 Å². The Labute approximate surface area is 169 Å². The first kappa shape index (κ1) is 22.0. The number of anilines is 1. The molecule has 2 rings (SSSR count). The molecule has 0 aliphatic rings. The van der Waals surface area contributed by atoms with Crippen molar-refractivity contribution in [2.24, 2.45) is 0 Å². The quantitative estimate of drug-likeness (QED) is 0.492. The molecule has 0 saturated heterocycles. The molecule has 4 heteroatoms. The Morgan fingerprint density at radius 3 is 2.46 bits per heavy atom. The van der Waals surface area contributed by atoms with Gasteiger partial charge in [-0.1, -0.05) is 56.5 Å². The lowest BCUT2D eigenvalue weighted by atomic mass is 9.96. The van der Waals surface area contributed by atoms with Crippen molar-refractivity contribution in [1.29, 1.82) is 0 Å². The van der Waals surface area contributed by atoms with Crippen molar-refractivity contribution in [3.05, 3.63) is 59.7 Å². The minimum atomic E-state index is -0.805. The zero-order valence-corrected chi connectivity index (χ0v) is 17.6. The van der Waals surface area contributed by atoms with E-state index in [-0.39, 0.29) is 5.91 Å². The maximum absolute atomic E-state index is 12.9. The third-order valence-corrected chi connectivity index (χ3v) is 4.87. The molecule has 1 amide bonds. The number of carbonyl (C=O) groups excluding carboxylic acids is 1. The van der Waals surface area contributed by atoms with Gasteiger partial charge in [-0.25, -0.2) is 0 Å². The van der Waals surface area contributed by atoms with E-state index >= 15 is 0 Å². The lowest BCUT2D eigenvalue weighted by Crippen LogP contribution is -2.42. The number of benzene rings is 2. The van der Waals surface area contributed by atoms with E-state index in [0.29, 0.717) is 13.2 Å². The molecule has 0 fully saturated rings. The summed E-state index contributed by atoms with van der Waals surface area (Å²) in [6.45, 7) is 8.98. The summed E-state index contributed by atoms with van der Waals surface area (Å²) in [5.74, 6) is 0.722. The number of hydrogen-bond acceptors (Lipinski definition) is 3. The molecule has 0 spiro atoms. The van der Waals surface area contributed by atoms with E-state index in [4.69, 9.17) is 9.47 Å². The Kier molecular flexibility index (Phi) is 8.52. The monoisotopic (exact) mass is 383 g/mol. The average molecular weight is 384 g/mol. The second kappa shape index (κ2) is 10.9. The van der Waals surface area contributed by atoms with Gasteiger partial charge in [-0.3, -0.25) is 4.79 Å². The minimum Gasteiger partial charge on any atom is -0.489 e. The van der Waals surface area contributed by atoms with Crippen molar-refractivity contribution in [2.75, 3.05) is 11.9 Å². The molecule has 2 aromatic rings. The van der Waals surface area contributed by atoms with Crippen molar-refractivity contribution in [2.45, 2.75) is 65.6 Å². The summed E-state index contributed by atoms with van der Waals surface area (Å²) in [7, 11) is 0. The fraction of sp³-hybridized carbons (Fsp3) is 0.458. The SMILES string of the molecule is CCCCCC(C)(OCC)C(=O)Nc1ccc(OCc2ccccc2)c(C)c1. The van der Waals surface area contributed by atoms with E-state index in [2.05, 4.69) is 12.2 Å². The molecule has 152 valence electrons. The van der Waals surface area contributed by atoms with Crippen LogP contribution in [-0.2, 0) is 16.1 Å². The van der Waals surface area contributed by atoms with Crippen LogP contribution < -0.4 is 10.1 Å². The Balaban J connectivity index is 2.00. The normalized spacial score (nSPS) is 13.0. The van der Waals surface area contributed by atoms with Gasteiger partial charge in [-0.05, 0) is 56.5 Å². The topological polar surface area (TPSA) is 47.6 Å². The van der Waals surface area contributed by atoms with E-state index in [1.54, 1.807) is 0 Å². The van der Waals surface area contributed by atoms with Crippen molar-refractivity contribution < 1.29 is 14.3 Å². The summed E-state index contributed by atoms with van der Waals surface area (Å²) in [5.41, 5.74) is 2.06. The van der Waals surface area contributed by atoms with Crippen LogP contribution in [0.15, 0.2) is 48.5 Å². The number of nitrogens with one attached hydrogen (secondary N) is 1. The molecule has 4 nitrogen and oxygen atoms in total. The molecule has 1 atom stereocenters. The second-order valence-corrected chi connectivity index (χ2v) is 7.33. The maximum Gasteiger partial charge on any atom is 0.256 e. The molecule has 2 aromatic carbocycles. The van der Waals surface area contributed by atoms with Crippen LogP contribution in [-0.4, -0.2) is 18.1 Å². The number of amides is 1. The summed E-state index contributed by atoms with van der Waals surface area (Å²) in [5, 5.41) is 3.02. The van der Waals surface area contributed by atoms with Crippen LogP contribution >= 0.6 is 0 Å². The van der Waals surface area contributed by atoms with Gasteiger partial charge in [0, 0.05) is 12.3 Å². The average Bonchev–Trinajstić information content (AvgIpc) is 2.68. The Morgan fingerprint density at radius 1 is 1.07 bits per heavy atom. The van der Waals surface area contributed by atoms with Gasteiger partial charge in [0.25, 0.3) is 5.91 Å². The third kappa shape index (κ3) is 6.38. The highest BCUT2D eigenvalue weighted by atomic mass is 16.5. The number of aryl methyl sites for hydroxylation is 1. The molecule has 0 aliphatic carbocycles. The maximum atomic E-state index is 12.9. The highest BCUT2D eigenvalue weighted by Gasteiger charge is 2.33. The predicted molar refractivity (Wildman–Crippen MR) is 115 cm³/mol. The third-order valence-electron chi connectivity index (χ3n) is 4.87. The van der Waals surface area contributed by atoms with Crippen molar-refractivity contribution in [3.63, 3.8) is 0 Å². The lowest BCUT2D eigenvalue weighted by Gasteiger charge is -2.28. The molecule has 1 N–H and O–H groups in total. The van der Waals surface area contributed by atoms with Crippen molar-refractivity contribution >= 4 is 11.6 Å². The zero-order valence-electron chi connectivity index (χ0n) is 17.6. The number of ether oxygens (including phenoxy) is 2. The van der Waals surface area contributed by atoms with Crippen LogP contribution in [0.25, 0.3) is 0 Å². The van der Waals surface area contributed by atoms with Crippen LogP contribution in [0.2, 0.25) is 0 Å². The Hall–Kier alpha value is -2.33. The first-order chi connectivity index (χ1) is 13.5. The van der Waals surface area contributed by atoms with Gasteiger partial charge >= 0.3 is 0 Å². The van der Waals surface area contributed by atoms with Crippen molar-refractivity contribution in [3.8, 4) is 5.75 Å². The second-order valence-electron chi connectivity index (χ2n) is 7.33. The van der Waals surface area contributed by atoms with E-state index in [1.807, 2.05) is 69.3 Å². The smallest absolute Gasteiger partial charge is 0.256 e. The molecule has 0 aliphatic heterocycles. The van der Waals surface area contributed by atoms with Gasteiger partial charge in [0.05, 0.1) is 0 Å². The molecule has 28 heavy (non-hydrogen) atoms. The van der Waals surface area contributed by atoms with E-state index in [9.17, 15) is 4.79 Å². The summed E-state index contributed by atoms with van der Waals surface area (Å²) >= 11 is 0. The van der Waals surface area contributed by atoms with Gasteiger partial charge in [0.15, 0.2) is 0 Å². The largest absolute Gasteiger partial charge is 0.489 e. The van der Waals surface area contributed by atoms with Crippen LogP contribution in [0, 0.1) is 6.92 Å². The van der Waals surface area contributed by atoms with E-state index in [0.717, 1.165) is 48.2 Å². The van der Waals surface area contributed by atoms with Crippen molar-refractivity contribution in [1.82, 2.24) is 0 Å². The van der Waals surface area contributed by atoms with Crippen LogP contribution in [0.1, 0.15) is 57.6 Å². The molecule has 1 unspecified atom stereocenters. The predicted octanol–water partition coefficient (Wildman–Crippen LogP) is 5.89. The number of hydrogen-bond donors (Lipinski definition) is 1. The van der Waals surface area contributed by atoms with E-state index in [1.165, 1.54) is 0 Å². The highest BCUT2D eigenvalue weighted by molar-refractivity contribution is 5.97. The Bertz CT molecular complexity index is 745. The number of carbonyl (C=O) groups is 1. The first-order valence-corrected chi connectivity index (χ1v) is 10.2. The highest BCUT2D eigenvalue weighted by Crippen LogP contribution is 2.26. The van der Waals surface area contributed by atoms with Gasteiger partial charge in [-0.15, -0.1) is 0 Å². The molecule has 0 aromatic heterocycles. The number of unbranched alkanes of at least 4 members (excludes halogenated alkanes) is 2. The summed E-state index contributed by atoms with van der Waals surface area (Å²) in [6, 6.07) is 15.8. The molecule has 0 radical (unpaired) electrons. The first-order valence-electron chi connectivity index (χ1n) is 10.2. The zero-order chi connectivity index (χ0) is 20.4. The standard InChI is InChI=1S/C24H33NO3/c1-5-7-11-16-24(4,28-6-2)23(26)25-21-14-15-22(19(3)17-21)27-18-20-12-9-8-10-13-20/h8-10,12-15,17H,5-7,11,16,18H2,1-4H3,(H,25,26). The summed E-state index contributed by atoms with van der Waals surface area (Å²) in [6.07, 6.45) is 3.92. The van der Waals surface area contributed by atoms with Crippen LogP contribution in [0.5, 0.6) is 5.75 Å².